The van der Waals surface area contributed by atoms with Crippen LogP contribution in [-0.2, 0) is 27.4 Å². The van der Waals surface area contributed by atoms with Gasteiger partial charge in [0, 0.05) is 33.2 Å². The number of nitrogen functional groups attached to an aromatic ring is 1. The maximum absolute atomic E-state index is 13.4. The number of nitrogens with zero attached hydrogens (tertiary/aromatic N) is 3. The van der Waals surface area contributed by atoms with E-state index in [1.54, 1.807) is 17.0 Å². The first-order valence-corrected chi connectivity index (χ1v) is 10.5. The molecule has 1 saturated heterocycles. The molecule has 1 aliphatic rings. The topological polar surface area (TPSA) is 144 Å². The second-order valence-electron chi connectivity index (χ2n) is 8.23. The van der Waals surface area contributed by atoms with E-state index in [2.05, 4.69) is 4.98 Å². The second kappa shape index (κ2) is 9.86. The highest BCUT2D eigenvalue weighted by atomic mass is 16.5. The van der Waals surface area contributed by atoms with Crippen molar-refractivity contribution in [3.8, 4) is 0 Å². The van der Waals surface area contributed by atoms with Gasteiger partial charge in [-0.3, -0.25) is 23.9 Å². The number of nitrogens with one attached hydrogen (secondary N) is 1. The molecular weight excluding hydrogens is 418 g/mol. The number of carbonyl (C=O) groups excluding carboxylic acids is 2. The molecule has 2 amide bonds. The molecule has 1 unspecified atom stereocenters. The SMILES string of the molecule is COCCN(C(=O)C1CC(=O)N(Cc2ccco2)C1)c1c(N)n(CC(C)C)c(=O)[nH]c1=O. The molecule has 1 fully saturated rings. The van der Waals surface area contributed by atoms with Crippen LogP contribution in [0.2, 0.25) is 0 Å². The van der Waals surface area contributed by atoms with Crippen molar-refractivity contribution >= 4 is 23.3 Å². The van der Waals surface area contributed by atoms with Crippen LogP contribution in [0, 0.1) is 11.8 Å². The fraction of sp³-hybridized carbons (Fsp3) is 0.524. The minimum atomic E-state index is -0.756. The third-order valence-electron chi connectivity index (χ3n) is 5.31. The van der Waals surface area contributed by atoms with Crippen molar-refractivity contribution in [2.75, 3.05) is 37.4 Å². The van der Waals surface area contributed by atoms with Crippen molar-refractivity contribution in [3.05, 3.63) is 45.0 Å². The number of hydrogen-bond donors (Lipinski definition) is 2. The molecule has 3 heterocycles. The molecule has 11 heteroatoms. The van der Waals surface area contributed by atoms with Gasteiger partial charge < -0.3 is 24.7 Å². The van der Waals surface area contributed by atoms with E-state index in [9.17, 15) is 19.2 Å². The van der Waals surface area contributed by atoms with E-state index < -0.39 is 23.1 Å². The molecule has 0 spiro atoms. The largest absolute Gasteiger partial charge is 0.467 e. The number of rotatable bonds is 9. The van der Waals surface area contributed by atoms with Crippen LogP contribution in [0.4, 0.5) is 11.5 Å². The van der Waals surface area contributed by atoms with E-state index in [1.807, 2.05) is 13.8 Å². The van der Waals surface area contributed by atoms with Crippen molar-refractivity contribution in [2.45, 2.75) is 33.4 Å². The third-order valence-corrected chi connectivity index (χ3v) is 5.31. The highest BCUT2D eigenvalue weighted by Crippen LogP contribution is 2.26. The lowest BCUT2D eigenvalue weighted by molar-refractivity contribution is -0.129. The molecular formula is C21H29N5O6. The Labute approximate surface area is 184 Å². The van der Waals surface area contributed by atoms with Crippen LogP contribution in [0.15, 0.2) is 32.4 Å². The monoisotopic (exact) mass is 447 g/mol. The molecule has 0 aromatic carbocycles. The molecule has 0 bridgehead atoms. The van der Waals surface area contributed by atoms with Gasteiger partial charge in [-0.1, -0.05) is 13.8 Å². The van der Waals surface area contributed by atoms with Crippen LogP contribution in [0.5, 0.6) is 0 Å². The van der Waals surface area contributed by atoms with Crippen LogP contribution >= 0.6 is 0 Å². The highest BCUT2D eigenvalue weighted by Gasteiger charge is 2.38. The van der Waals surface area contributed by atoms with E-state index in [-0.39, 0.29) is 62.5 Å². The molecule has 2 aromatic rings. The Hall–Kier alpha value is -3.34. The number of carbonyl (C=O) groups is 2. The number of likely N-dealkylation sites (tertiary alicyclic amines) is 1. The van der Waals surface area contributed by atoms with Gasteiger partial charge in [0.05, 0.1) is 25.3 Å². The zero-order valence-electron chi connectivity index (χ0n) is 18.5. The lowest BCUT2D eigenvalue weighted by Gasteiger charge is -2.27. The first kappa shape index (κ1) is 23.3. The maximum atomic E-state index is 13.4. The summed E-state index contributed by atoms with van der Waals surface area (Å²) in [6.07, 6.45) is 1.53. The lowest BCUT2D eigenvalue weighted by atomic mass is 10.1. The molecule has 11 nitrogen and oxygen atoms in total. The van der Waals surface area contributed by atoms with Crippen LogP contribution in [-0.4, -0.2) is 53.1 Å². The van der Waals surface area contributed by atoms with Gasteiger partial charge >= 0.3 is 5.69 Å². The van der Waals surface area contributed by atoms with E-state index >= 15 is 0 Å². The van der Waals surface area contributed by atoms with Gasteiger partial charge in [0.2, 0.25) is 11.8 Å². The van der Waals surface area contributed by atoms with Crippen LogP contribution in [0.1, 0.15) is 26.0 Å². The Balaban J connectivity index is 1.91. The van der Waals surface area contributed by atoms with Crippen molar-refractivity contribution in [1.82, 2.24) is 14.5 Å². The Morgan fingerprint density at radius 1 is 1.38 bits per heavy atom. The number of furan rings is 1. The van der Waals surface area contributed by atoms with Gasteiger partial charge in [-0.25, -0.2) is 4.79 Å². The molecule has 0 saturated carbocycles. The number of amides is 2. The van der Waals surface area contributed by atoms with Gasteiger partial charge in [0.25, 0.3) is 5.56 Å². The minimum Gasteiger partial charge on any atom is -0.467 e. The Bertz CT molecular complexity index is 1070. The van der Waals surface area contributed by atoms with Gasteiger partial charge in [-0.2, -0.15) is 0 Å². The summed E-state index contributed by atoms with van der Waals surface area (Å²) in [6.45, 7) is 4.72. The summed E-state index contributed by atoms with van der Waals surface area (Å²) < 4.78 is 11.7. The standard InChI is InChI=1S/C21H29N5O6/c1-13(2)10-26-18(22)17(19(28)23-21(26)30)25(6-8-31-3)20(29)14-9-16(27)24(11-14)12-15-5-4-7-32-15/h4-5,7,13-14H,6,8-12,22H2,1-3H3,(H,23,28,30). The Kier molecular flexibility index (Phi) is 7.18. The van der Waals surface area contributed by atoms with Crippen molar-refractivity contribution in [3.63, 3.8) is 0 Å². The second-order valence-corrected chi connectivity index (χ2v) is 8.23. The van der Waals surface area contributed by atoms with E-state index in [1.165, 1.54) is 22.8 Å². The molecule has 2 aromatic heterocycles. The van der Waals surface area contributed by atoms with Crippen molar-refractivity contribution in [2.24, 2.45) is 11.8 Å². The molecule has 1 aliphatic heterocycles. The van der Waals surface area contributed by atoms with Crippen molar-refractivity contribution < 1.29 is 18.7 Å². The summed E-state index contributed by atoms with van der Waals surface area (Å²) in [5.41, 5.74) is 4.71. The molecule has 32 heavy (non-hydrogen) atoms. The van der Waals surface area contributed by atoms with Gasteiger partial charge in [0.15, 0.2) is 5.69 Å². The number of H-pyrrole nitrogens is 1. The average Bonchev–Trinajstić information content (AvgIpc) is 3.37. The lowest BCUT2D eigenvalue weighted by Crippen LogP contribution is -2.45. The predicted molar refractivity (Wildman–Crippen MR) is 117 cm³/mol. The van der Waals surface area contributed by atoms with E-state index in [0.29, 0.717) is 5.76 Å². The number of aromatic amines is 1. The van der Waals surface area contributed by atoms with Crippen LogP contribution < -0.4 is 21.9 Å². The molecule has 174 valence electrons. The first-order chi connectivity index (χ1) is 15.2. The van der Waals surface area contributed by atoms with Crippen LogP contribution in [0.3, 0.4) is 0 Å². The normalized spacial score (nSPS) is 16.2. The number of ether oxygens (including phenoxy) is 1. The smallest absolute Gasteiger partial charge is 0.330 e. The zero-order valence-corrected chi connectivity index (χ0v) is 18.5. The summed E-state index contributed by atoms with van der Waals surface area (Å²) in [4.78, 5) is 55.9. The van der Waals surface area contributed by atoms with Gasteiger partial charge in [-0.05, 0) is 18.1 Å². The maximum Gasteiger partial charge on any atom is 0.330 e. The minimum absolute atomic E-state index is 0.00642. The van der Waals surface area contributed by atoms with Gasteiger partial charge in [-0.15, -0.1) is 0 Å². The van der Waals surface area contributed by atoms with Gasteiger partial charge in [0.1, 0.15) is 11.6 Å². The molecule has 0 aliphatic carbocycles. The summed E-state index contributed by atoms with van der Waals surface area (Å²) in [6, 6.07) is 3.48. The average molecular weight is 447 g/mol. The summed E-state index contributed by atoms with van der Waals surface area (Å²) in [7, 11) is 1.47. The Morgan fingerprint density at radius 2 is 2.12 bits per heavy atom. The highest BCUT2D eigenvalue weighted by molar-refractivity contribution is 6.00. The summed E-state index contributed by atoms with van der Waals surface area (Å²) in [5, 5.41) is 0. The van der Waals surface area contributed by atoms with Crippen LogP contribution in [0.25, 0.3) is 0 Å². The molecule has 3 rings (SSSR count). The predicted octanol–water partition coefficient (Wildman–Crippen LogP) is 0.396. The quantitative estimate of drug-likeness (QED) is 0.566. The molecule has 3 N–H and O–H groups in total. The number of aromatic nitrogens is 2. The molecule has 1 atom stereocenters. The van der Waals surface area contributed by atoms with E-state index in [0.717, 1.165) is 0 Å². The molecule has 0 radical (unpaired) electrons. The summed E-state index contributed by atoms with van der Waals surface area (Å²) in [5.74, 6) is -0.668. The third kappa shape index (κ3) is 4.93. The summed E-state index contributed by atoms with van der Waals surface area (Å²) >= 11 is 0. The zero-order chi connectivity index (χ0) is 23.4. The first-order valence-electron chi connectivity index (χ1n) is 10.5. The fourth-order valence-corrected chi connectivity index (χ4v) is 3.80. The fourth-order valence-electron chi connectivity index (χ4n) is 3.80. The number of anilines is 2. The Morgan fingerprint density at radius 3 is 2.75 bits per heavy atom. The number of hydrogen-bond acceptors (Lipinski definition) is 7. The number of methoxy groups -OCH3 is 1. The number of nitrogens with two attached hydrogens (primary N) is 1. The van der Waals surface area contributed by atoms with Crippen molar-refractivity contribution in [1.29, 1.82) is 0 Å². The van der Waals surface area contributed by atoms with E-state index in [4.69, 9.17) is 14.9 Å².